The average Bonchev–Trinajstić information content (AvgIpc) is 2.98. The summed E-state index contributed by atoms with van der Waals surface area (Å²) in [4.78, 5) is 12.0. The normalized spacial score (nSPS) is 11.4. The fraction of sp³-hybridized carbons (Fsp3) is 0.174. The molecule has 0 fully saturated rings. The molecule has 5 heteroatoms. The van der Waals surface area contributed by atoms with Crippen LogP contribution in [0, 0.1) is 6.07 Å². The summed E-state index contributed by atoms with van der Waals surface area (Å²) < 4.78 is 2.19. The lowest BCUT2D eigenvalue weighted by atomic mass is 10.0. The van der Waals surface area contributed by atoms with E-state index < -0.39 is 5.91 Å². The van der Waals surface area contributed by atoms with E-state index in [2.05, 4.69) is 23.6 Å². The zero-order valence-electron chi connectivity index (χ0n) is 15.4. The number of hydrogen-bond donors (Lipinski definition) is 1. The van der Waals surface area contributed by atoms with Gasteiger partial charge in [0.15, 0.2) is 0 Å². The quantitative estimate of drug-likeness (QED) is 0.431. The van der Waals surface area contributed by atoms with Crippen LogP contribution in [0.25, 0.3) is 21.8 Å². The van der Waals surface area contributed by atoms with Crippen molar-refractivity contribution in [2.24, 2.45) is 5.73 Å². The number of carbonyl (C=O) groups is 1. The van der Waals surface area contributed by atoms with Crippen molar-refractivity contribution >= 4 is 50.9 Å². The van der Waals surface area contributed by atoms with Crippen molar-refractivity contribution in [3.8, 4) is 0 Å². The number of aromatic nitrogens is 1. The van der Waals surface area contributed by atoms with Crippen molar-refractivity contribution in [1.29, 1.82) is 0 Å². The van der Waals surface area contributed by atoms with E-state index in [4.69, 9.17) is 28.9 Å². The van der Waals surface area contributed by atoms with Gasteiger partial charge in [-0.3, -0.25) is 4.79 Å². The summed E-state index contributed by atoms with van der Waals surface area (Å²) in [5.41, 5.74) is 10.4. The Kier molecular flexibility index (Phi) is 5.05. The third kappa shape index (κ3) is 3.25. The van der Waals surface area contributed by atoms with Crippen molar-refractivity contribution in [1.82, 2.24) is 4.57 Å². The molecule has 0 saturated carbocycles. The Labute approximate surface area is 173 Å². The first-order valence-corrected chi connectivity index (χ1v) is 9.94. The van der Waals surface area contributed by atoms with Gasteiger partial charge in [-0.2, -0.15) is 0 Å². The molecular weight excluding hydrogens is 391 g/mol. The molecule has 3 nitrogen and oxygen atoms in total. The molecule has 28 heavy (non-hydrogen) atoms. The summed E-state index contributed by atoms with van der Waals surface area (Å²) >= 11 is 12.3. The van der Waals surface area contributed by atoms with Gasteiger partial charge in [-0.05, 0) is 53.9 Å². The molecule has 1 heterocycles. The topological polar surface area (TPSA) is 48.0 Å². The Balaban J connectivity index is 2.00. The van der Waals surface area contributed by atoms with Crippen molar-refractivity contribution in [3.63, 3.8) is 0 Å². The summed E-state index contributed by atoms with van der Waals surface area (Å²) in [6.45, 7) is 2.75. The van der Waals surface area contributed by atoms with Gasteiger partial charge >= 0.3 is 0 Å². The largest absolute Gasteiger partial charge is 0.366 e. The van der Waals surface area contributed by atoms with Gasteiger partial charge in [-0.15, -0.1) is 0 Å². The molecule has 1 radical (unpaired) electrons. The molecule has 0 unspecified atom stereocenters. The molecule has 0 atom stereocenters. The smallest absolute Gasteiger partial charge is 0.249 e. The number of carbonyl (C=O) groups excluding carboxylic acids is 1. The Morgan fingerprint density at radius 2 is 1.89 bits per heavy atom. The molecule has 0 aliphatic heterocycles. The maximum atomic E-state index is 12.0. The fourth-order valence-corrected chi connectivity index (χ4v) is 4.05. The fourth-order valence-electron chi connectivity index (χ4n) is 3.73. The lowest BCUT2D eigenvalue weighted by Gasteiger charge is -2.10. The Morgan fingerprint density at radius 1 is 1.07 bits per heavy atom. The highest BCUT2D eigenvalue weighted by Crippen LogP contribution is 2.33. The second-order valence-electron chi connectivity index (χ2n) is 6.92. The summed E-state index contributed by atoms with van der Waals surface area (Å²) in [6.07, 6.45) is 2.03. The number of benzene rings is 3. The highest BCUT2D eigenvalue weighted by Gasteiger charge is 2.17. The number of halogens is 2. The van der Waals surface area contributed by atoms with Gasteiger partial charge in [0.1, 0.15) is 0 Å². The van der Waals surface area contributed by atoms with E-state index in [9.17, 15) is 4.79 Å². The second-order valence-corrected chi connectivity index (χ2v) is 7.73. The van der Waals surface area contributed by atoms with Gasteiger partial charge in [0.2, 0.25) is 5.91 Å². The van der Waals surface area contributed by atoms with E-state index >= 15 is 0 Å². The molecule has 2 N–H and O–H groups in total. The van der Waals surface area contributed by atoms with E-state index in [1.54, 1.807) is 12.1 Å². The van der Waals surface area contributed by atoms with E-state index in [1.165, 1.54) is 5.56 Å². The van der Waals surface area contributed by atoms with Crippen LogP contribution in [-0.2, 0) is 13.0 Å². The lowest BCUT2D eigenvalue weighted by Crippen LogP contribution is -2.11. The Morgan fingerprint density at radius 3 is 2.61 bits per heavy atom. The van der Waals surface area contributed by atoms with Gasteiger partial charge in [0, 0.05) is 22.9 Å². The van der Waals surface area contributed by atoms with Gasteiger partial charge < -0.3 is 10.3 Å². The van der Waals surface area contributed by atoms with Gasteiger partial charge in [-0.1, -0.05) is 54.7 Å². The predicted molar refractivity (Wildman–Crippen MR) is 116 cm³/mol. The van der Waals surface area contributed by atoms with E-state index in [-0.39, 0.29) is 0 Å². The van der Waals surface area contributed by atoms with Crippen LogP contribution in [0.2, 0.25) is 10.0 Å². The molecule has 4 aromatic rings. The summed E-state index contributed by atoms with van der Waals surface area (Å²) in [5, 5.41) is 2.80. The van der Waals surface area contributed by atoms with Crippen LogP contribution < -0.4 is 5.73 Å². The van der Waals surface area contributed by atoms with Crippen LogP contribution in [0.3, 0.4) is 0 Å². The zero-order valence-corrected chi connectivity index (χ0v) is 16.9. The molecule has 141 valence electrons. The van der Waals surface area contributed by atoms with E-state index in [1.807, 2.05) is 30.3 Å². The van der Waals surface area contributed by atoms with Crippen molar-refractivity contribution < 1.29 is 4.79 Å². The number of aryl methyl sites for hydroxylation is 1. The number of nitrogens with zero attached hydrogens (tertiary/aromatic N) is 1. The number of hydrogen-bond acceptors (Lipinski definition) is 1. The number of rotatable bonds is 5. The predicted octanol–water partition coefficient (Wildman–Crippen LogP) is 6.00. The first-order chi connectivity index (χ1) is 13.5. The SMILES string of the molecule is CCCc1c[c]c2c3c(C(N)=O)cccc3n(Cc3ccc(Cl)c(Cl)c3)c2c1. The van der Waals surface area contributed by atoms with Gasteiger partial charge in [-0.25, -0.2) is 0 Å². The molecule has 0 spiro atoms. The first kappa shape index (κ1) is 18.9. The second kappa shape index (κ2) is 7.50. The van der Waals surface area contributed by atoms with Crippen molar-refractivity contribution in [2.45, 2.75) is 26.3 Å². The monoisotopic (exact) mass is 409 g/mol. The van der Waals surface area contributed by atoms with Crippen molar-refractivity contribution in [3.05, 3.63) is 81.3 Å². The maximum absolute atomic E-state index is 12.0. The van der Waals surface area contributed by atoms with Gasteiger partial charge in [0.25, 0.3) is 0 Å². The van der Waals surface area contributed by atoms with Crippen LogP contribution in [0.15, 0.2) is 48.5 Å². The third-order valence-corrected chi connectivity index (χ3v) is 5.72. The van der Waals surface area contributed by atoms with Gasteiger partial charge in [0.05, 0.1) is 21.1 Å². The standard InChI is InChI=1S/C23H19Cl2N2O/c1-2-4-14-7-9-16-21(12-14)27(13-15-8-10-18(24)19(25)11-15)20-6-3-5-17(22(16)20)23(26)28/h3,5-8,10-12H,2,4,13H2,1H3,(H2,26,28). The molecule has 0 saturated heterocycles. The first-order valence-electron chi connectivity index (χ1n) is 9.19. The summed E-state index contributed by atoms with van der Waals surface area (Å²) in [7, 11) is 0. The minimum absolute atomic E-state index is 0.440. The minimum atomic E-state index is -0.440. The summed E-state index contributed by atoms with van der Waals surface area (Å²) in [5.74, 6) is -0.440. The molecule has 0 bridgehead atoms. The number of amides is 1. The average molecular weight is 410 g/mol. The van der Waals surface area contributed by atoms with Crippen LogP contribution in [-0.4, -0.2) is 10.5 Å². The number of nitrogens with two attached hydrogens (primary N) is 1. The van der Waals surface area contributed by atoms with Crippen LogP contribution in [0.1, 0.15) is 34.8 Å². The maximum Gasteiger partial charge on any atom is 0.249 e. The van der Waals surface area contributed by atoms with Crippen LogP contribution in [0.5, 0.6) is 0 Å². The molecular formula is C23H19Cl2N2O. The number of primary amides is 1. The summed E-state index contributed by atoms with van der Waals surface area (Å²) in [6, 6.07) is 18.8. The third-order valence-electron chi connectivity index (χ3n) is 4.98. The van der Waals surface area contributed by atoms with E-state index in [0.29, 0.717) is 22.2 Å². The minimum Gasteiger partial charge on any atom is -0.366 e. The highest BCUT2D eigenvalue weighted by atomic mass is 35.5. The molecule has 1 aromatic heterocycles. The highest BCUT2D eigenvalue weighted by molar-refractivity contribution is 6.42. The Bertz CT molecular complexity index is 1210. The van der Waals surface area contributed by atoms with Crippen LogP contribution >= 0.6 is 23.2 Å². The zero-order chi connectivity index (χ0) is 19.8. The van der Waals surface area contributed by atoms with Crippen LogP contribution in [0.4, 0.5) is 0 Å². The molecule has 0 aliphatic carbocycles. The molecule has 1 amide bonds. The number of fused-ring (bicyclic) bond motifs is 3. The lowest BCUT2D eigenvalue weighted by molar-refractivity contribution is 0.100. The molecule has 4 rings (SSSR count). The Hall–Kier alpha value is -2.49. The molecule has 0 aliphatic rings. The van der Waals surface area contributed by atoms with E-state index in [0.717, 1.165) is 40.2 Å². The molecule has 3 aromatic carbocycles. The van der Waals surface area contributed by atoms with Crippen molar-refractivity contribution in [2.75, 3.05) is 0 Å².